The topological polar surface area (TPSA) is 75.4 Å². The summed E-state index contributed by atoms with van der Waals surface area (Å²) in [5.41, 5.74) is 2.59. The molecule has 1 aliphatic rings. The summed E-state index contributed by atoms with van der Waals surface area (Å²) in [6, 6.07) is 1.15. The molecule has 2 rings (SSSR count). The largest absolute Gasteiger partial charge is 0.416 e. The number of benzene rings is 1. The Morgan fingerprint density at radius 1 is 1.03 bits per heavy atom. The van der Waals surface area contributed by atoms with Gasteiger partial charge in [0, 0.05) is 36.7 Å². The molecule has 5 nitrogen and oxygen atoms in total. The van der Waals surface area contributed by atoms with E-state index in [0.717, 1.165) is 12.8 Å². The van der Waals surface area contributed by atoms with Crippen molar-refractivity contribution < 1.29 is 35.9 Å². The number of anilines is 1. The summed E-state index contributed by atoms with van der Waals surface area (Å²) >= 11 is 0. The van der Waals surface area contributed by atoms with Crippen molar-refractivity contribution in [3.63, 3.8) is 0 Å². The van der Waals surface area contributed by atoms with Crippen LogP contribution in [0, 0.1) is 17.8 Å². The lowest BCUT2D eigenvalue weighted by Gasteiger charge is -2.39. The van der Waals surface area contributed by atoms with E-state index in [4.69, 9.17) is 5.73 Å². The number of nitrogens with zero attached hydrogens (tertiary/aromatic N) is 1. The molecule has 1 heterocycles. The first-order valence-corrected chi connectivity index (χ1v) is 12.8. The van der Waals surface area contributed by atoms with E-state index in [9.17, 15) is 35.9 Å². The van der Waals surface area contributed by atoms with Gasteiger partial charge in [-0.15, -0.1) is 0 Å². The van der Waals surface area contributed by atoms with Crippen LogP contribution in [0.5, 0.6) is 0 Å². The van der Waals surface area contributed by atoms with Gasteiger partial charge in [-0.1, -0.05) is 27.2 Å². The predicted octanol–water partition coefficient (Wildman–Crippen LogP) is 6.47. The van der Waals surface area contributed by atoms with Crippen LogP contribution >= 0.6 is 0 Å². The van der Waals surface area contributed by atoms with E-state index in [1.807, 2.05) is 20.8 Å². The van der Waals surface area contributed by atoms with Gasteiger partial charge in [-0.2, -0.15) is 26.3 Å². The summed E-state index contributed by atoms with van der Waals surface area (Å²) in [5.74, 6) is -1.67. The molecule has 1 unspecified atom stereocenters. The number of carbonyl (C=O) groups excluding carboxylic acids is 2. The summed E-state index contributed by atoms with van der Waals surface area (Å²) in [6.07, 6.45) is -5.54. The number of likely N-dealkylation sites (tertiary alicyclic amines) is 1. The number of amides is 2. The molecule has 2 amide bonds. The highest BCUT2D eigenvalue weighted by molar-refractivity contribution is 5.87. The second kappa shape index (κ2) is 12.9. The Morgan fingerprint density at radius 3 is 2.11 bits per heavy atom. The molecule has 210 valence electrons. The van der Waals surface area contributed by atoms with Crippen LogP contribution in [0.4, 0.5) is 32.0 Å². The fourth-order valence-corrected chi connectivity index (χ4v) is 5.04. The van der Waals surface area contributed by atoms with Gasteiger partial charge in [0.2, 0.25) is 11.8 Å². The van der Waals surface area contributed by atoms with Crippen molar-refractivity contribution >= 4 is 17.5 Å². The van der Waals surface area contributed by atoms with E-state index in [1.54, 1.807) is 4.90 Å². The average Bonchev–Trinajstić information content (AvgIpc) is 2.79. The quantitative estimate of drug-likeness (QED) is 0.318. The minimum absolute atomic E-state index is 0.0795. The number of piperidine rings is 1. The molecule has 3 atom stereocenters. The fourth-order valence-electron chi connectivity index (χ4n) is 5.04. The lowest BCUT2D eigenvalue weighted by molar-refractivity contribution is -0.145. The van der Waals surface area contributed by atoms with Crippen LogP contribution < -0.4 is 11.1 Å². The molecular weight excluding hydrogens is 500 g/mol. The van der Waals surface area contributed by atoms with Gasteiger partial charge >= 0.3 is 12.4 Å². The highest BCUT2D eigenvalue weighted by Crippen LogP contribution is 2.38. The van der Waals surface area contributed by atoms with Crippen LogP contribution in [-0.4, -0.2) is 35.8 Å². The molecule has 1 saturated heterocycles. The minimum Gasteiger partial charge on any atom is -0.385 e. The molecule has 0 radical (unpaired) electrons. The monoisotopic (exact) mass is 537 g/mol. The second-order valence-corrected chi connectivity index (χ2v) is 10.2. The first kappa shape index (κ1) is 30.8. The molecule has 0 aliphatic carbocycles. The fraction of sp³-hybridized carbons (Fsp3) is 0.692. The molecule has 1 fully saturated rings. The summed E-state index contributed by atoms with van der Waals surface area (Å²) in [5, 5.41) is 2.69. The summed E-state index contributed by atoms with van der Waals surface area (Å²) in [7, 11) is 0. The minimum atomic E-state index is -4.93. The van der Waals surface area contributed by atoms with Gasteiger partial charge in [-0.05, 0) is 62.6 Å². The predicted molar refractivity (Wildman–Crippen MR) is 129 cm³/mol. The first-order chi connectivity index (χ1) is 17.1. The molecular formula is C26H37F6N3O2. The number of hydrogen-bond donors (Lipinski definition) is 2. The van der Waals surface area contributed by atoms with Gasteiger partial charge in [0.25, 0.3) is 0 Å². The van der Waals surface area contributed by atoms with Crippen molar-refractivity contribution in [1.29, 1.82) is 0 Å². The van der Waals surface area contributed by atoms with Gasteiger partial charge in [-0.25, -0.2) is 0 Å². The number of alkyl halides is 6. The van der Waals surface area contributed by atoms with E-state index in [-0.39, 0.29) is 36.2 Å². The lowest BCUT2D eigenvalue weighted by Crippen LogP contribution is -2.50. The van der Waals surface area contributed by atoms with Crippen LogP contribution in [-0.2, 0) is 21.9 Å². The van der Waals surface area contributed by atoms with E-state index in [0.29, 0.717) is 50.8 Å². The van der Waals surface area contributed by atoms with Gasteiger partial charge in [0.05, 0.1) is 11.1 Å². The Balaban J connectivity index is 2.20. The van der Waals surface area contributed by atoms with Gasteiger partial charge in [0.15, 0.2) is 0 Å². The molecule has 0 bridgehead atoms. The van der Waals surface area contributed by atoms with Crippen LogP contribution in [0.25, 0.3) is 0 Å². The van der Waals surface area contributed by atoms with Crippen molar-refractivity contribution in [2.45, 2.75) is 84.1 Å². The number of rotatable bonds is 11. The molecule has 1 aromatic rings. The standard InChI is InChI=1S/C26H37F6N3O2/c1-4-7-21(23(33)36)22(12-16(2)3)24(37)35-11-6-5-8-20(35)9-10-34-19-14-17(25(27,28)29)13-18(15-19)26(30,31)32/h13-16,20-22,34H,4-12H2,1-3H3,(H2,33,36)/t20?,21-,22+/m0/s1. The maximum atomic E-state index is 13.7. The lowest BCUT2D eigenvalue weighted by atomic mass is 9.80. The Bertz CT molecular complexity index is 884. The number of nitrogens with one attached hydrogen (secondary N) is 1. The number of carbonyl (C=O) groups is 2. The van der Waals surface area contributed by atoms with Crippen molar-refractivity contribution in [1.82, 2.24) is 4.90 Å². The van der Waals surface area contributed by atoms with Crippen LogP contribution in [0.15, 0.2) is 18.2 Å². The number of hydrogen-bond acceptors (Lipinski definition) is 3. The Kier molecular flexibility index (Phi) is 10.7. The smallest absolute Gasteiger partial charge is 0.385 e. The summed E-state index contributed by atoms with van der Waals surface area (Å²) in [6.45, 7) is 6.41. The zero-order valence-corrected chi connectivity index (χ0v) is 21.5. The van der Waals surface area contributed by atoms with E-state index >= 15 is 0 Å². The third-order valence-corrected chi connectivity index (χ3v) is 6.80. The summed E-state index contributed by atoms with van der Waals surface area (Å²) < 4.78 is 79.0. The third-order valence-electron chi connectivity index (χ3n) is 6.80. The SMILES string of the molecule is CCC[C@H](C(N)=O)[C@@H](CC(C)C)C(=O)N1CCCCC1CCNc1cc(C(F)(F)F)cc(C(F)(F)F)c1. The van der Waals surface area contributed by atoms with Crippen molar-refractivity contribution in [3.05, 3.63) is 29.3 Å². The van der Waals surface area contributed by atoms with Crippen molar-refractivity contribution in [2.75, 3.05) is 18.4 Å². The Labute approximate surface area is 214 Å². The van der Waals surface area contributed by atoms with E-state index < -0.39 is 41.2 Å². The van der Waals surface area contributed by atoms with Gasteiger partial charge in [0.1, 0.15) is 0 Å². The average molecular weight is 538 g/mol. The molecule has 3 N–H and O–H groups in total. The van der Waals surface area contributed by atoms with Crippen LogP contribution in [0.3, 0.4) is 0 Å². The van der Waals surface area contributed by atoms with Crippen LogP contribution in [0.2, 0.25) is 0 Å². The first-order valence-electron chi connectivity index (χ1n) is 12.8. The number of primary amides is 1. The Hall–Kier alpha value is -2.46. The van der Waals surface area contributed by atoms with Crippen molar-refractivity contribution in [2.24, 2.45) is 23.5 Å². The zero-order chi connectivity index (χ0) is 28.0. The zero-order valence-electron chi connectivity index (χ0n) is 21.5. The van der Waals surface area contributed by atoms with Crippen molar-refractivity contribution in [3.8, 4) is 0 Å². The molecule has 0 spiro atoms. The van der Waals surface area contributed by atoms with Crippen LogP contribution in [0.1, 0.15) is 76.8 Å². The molecule has 11 heteroatoms. The highest BCUT2D eigenvalue weighted by Gasteiger charge is 2.39. The maximum Gasteiger partial charge on any atom is 0.416 e. The molecule has 1 aliphatic heterocycles. The molecule has 1 aromatic carbocycles. The highest BCUT2D eigenvalue weighted by atomic mass is 19.4. The summed E-state index contributed by atoms with van der Waals surface area (Å²) in [4.78, 5) is 27.6. The maximum absolute atomic E-state index is 13.7. The second-order valence-electron chi connectivity index (χ2n) is 10.2. The number of nitrogens with two attached hydrogens (primary N) is 1. The molecule has 37 heavy (non-hydrogen) atoms. The molecule has 0 aromatic heterocycles. The number of halogens is 6. The normalized spacial score (nSPS) is 18.5. The van der Waals surface area contributed by atoms with E-state index in [2.05, 4.69) is 5.32 Å². The molecule has 0 saturated carbocycles. The van der Waals surface area contributed by atoms with Gasteiger partial charge in [-0.3, -0.25) is 9.59 Å². The van der Waals surface area contributed by atoms with Gasteiger partial charge < -0.3 is 16.0 Å². The third kappa shape index (κ3) is 8.81. The van der Waals surface area contributed by atoms with E-state index in [1.165, 1.54) is 0 Å². The Morgan fingerprint density at radius 2 is 1.62 bits per heavy atom.